The molecule has 7 nitrogen and oxygen atoms in total. The van der Waals surface area contributed by atoms with E-state index < -0.39 is 6.10 Å². The van der Waals surface area contributed by atoms with Crippen molar-refractivity contribution >= 4 is 10.9 Å². The first-order valence-electron chi connectivity index (χ1n) is 9.63. The second kappa shape index (κ2) is 7.87. The van der Waals surface area contributed by atoms with E-state index >= 15 is 0 Å². The third-order valence-corrected chi connectivity index (χ3v) is 5.74. The third kappa shape index (κ3) is 3.76. The van der Waals surface area contributed by atoms with Gasteiger partial charge in [0, 0.05) is 36.7 Å². The Morgan fingerprint density at radius 1 is 1.22 bits per heavy atom. The predicted octanol–water partition coefficient (Wildman–Crippen LogP) is 0.604. The molecule has 2 aliphatic heterocycles. The first kappa shape index (κ1) is 18.9. The van der Waals surface area contributed by atoms with Gasteiger partial charge in [0.2, 0.25) is 0 Å². The molecule has 27 heavy (non-hydrogen) atoms. The Hall–Kier alpha value is -1.48. The molecule has 0 radical (unpaired) electrons. The van der Waals surface area contributed by atoms with Crippen molar-refractivity contribution in [2.45, 2.75) is 37.1 Å². The van der Waals surface area contributed by atoms with Gasteiger partial charge in [-0.05, 0) is 32.8 Å². The lowest BCUT2D eigenvalue weighted by Crippen LogP contribution is -2.64. The normalized spacial score (nSPS) is 30.7. The molecule has 0 amide bonds. The van der Waals surface area contributed by atoms with Gasteiger partial charge in [0.25, 0.3) is 0 Å². The number of aromatic nitrogens is 1. The van der Waals surface area contributed by atoms with E-state index in [9.17, 15) is 5.11 Å². The molecule has 2 fully saturated rings. The summed E-state index contributed by atoms with van der Waals surface area (Å²) in [5, 5.41) is 15.8. The molecule has 7 heteroatoms. The van der Waals surface area contributed by atoms with Gasteiger partial charge < -0.3 is 29.8 Å². The Balaban J connectivity index is 1.45. The lowest BCUT2D eigenvalue weighted by molar-refractivity contribution is -0.179. The van der Waals surface area contributed by atoms with Crippen molar-refractivity contribution in [2.24, 2.45) is 0 Å². The van der Waals surface area contributed by atoms with Crippen LogP contribution in [0.25, 0.3) is 10.9 Å². The molecule has 148 valence electrons. The van der Waals surface area contributed by atoms with Gasteiger partial charge in [-0.2, -0.15) is 0 Å². The van der Waals surface area contributed by atoms with Crippen LogP contribution in [0.2, 0.25) is 0 Å². The van der Waals surface area contributed by atoms with Crippen molar-refractivity contribution in [2.75, 3.05) is 40.8 Å². The van der Waals surface area contributed by atoms with Gasteiger partial charge in [-0.25, -0.2) is 0 Å². The van der Waals surface area contributed by atoms with Crippen LogP contribution in [0.3, 0.4) is 0 Å². The van der Waals surface area contributed by atoms with E-state index in [1.165, 1.54) is 10.9 Å². The molecule has 2 aliphatic rings. The number of hydrogen-bond acceptors (Lipinski definition) is 6. The fourth-order valence-corrected chi connectivity index (χ4v) is 4.13. The number of H-pyrrole nitrogens is 1. The van der Waals surface area contributed by atoms with Crippen molar-refractivity contribution < 1.29 is 14.6 Å². The summed E-state index contributed by atoms with van der Waals surface area (Å²) in [4.78, 5) is 7.59. The quantitative estimate of drug-likeness (QED) is 0.659. The Morgan fingerprint density at radius 3 is 2.85 bits per heavy atom. The molecule has 2 bridgehead atoms. The number of para-hydroxylation sites is 1. The Labute approximate surface area is 160 Å². The number of rotatable bonds is 7. The van der Waals surface area contributed by atoms with Crippen molar-refractivity contribution in [1.29, 1.82) is 0 Å². The summed E-state index contributed by atoms with van der Waals surface area (Å²) >= 11 is 0. The zero-order chi connectivity index (χ0) is 19.0. The van der Waals surface area contributed by atoms with E-state index in [4.69, 9.17) is 9.47 Å². The Kier molecular flexibility index (Phi) is 5.50. The SMILES string of the molecule is CN(C)CCN(C)[C@H]1[C@@H]2OC[C@@H](O2)[C@@H](NCc2c[nH]c3ccccc23)[C@@H]1O. The van der Waals surface area contributed by atoms with Gasteiger partial charge in [-0.15, -0.1) is 0 Å². The Bertz CT molecular complexity index is 765. The summed E-state index contributed by atoms with van der Waals surface area (Å²) in [5.41, 5.74) is 2.32. The molecule has 0 unspecified atom stereocenters. The summed E-state index contributed by atoms with van der Waals surface area (Å²) < 4.78 is 11.9. The minimum Gasteiger partial charge on any atom is -0.390 e. The highest BCUT2D eigenvalue weighted by Crippen LogP contribution is 2.31. The molecule has 3 N–H and O–H groups in total. The summed E-state index contributed by atoms with van der Waals surface area (Å²) in [6.45, 7) is 2.96. The van der Waals surface area contributed by atoms with Crippen molar-refractivity contribution in [3.63, 3.8) is 0 Å². The number of aromatic amines is 1. The van der Waals surface area contributed by atoms with E-state index in [-0.39, 0.29) is 24.5 Å². The lowest BCUT2D eigenvalue weighted by Gasteiger charge is -2.43. The van der Waals surface area contributed by atoms with E-state index in [0.717, 1.165) is 18.6 Å². The highest BCUT2D eigenvalue weighted by atomic mass is 16.7. The third-order valence-electron chi connectivity index (χ3n) is 5.74. The minimum absolute atomic E-state index is 0.117. The minimum atomic E-state index is -0.548. The van der Waals surface area contributed by atoms with Crippen LogP contribution in [0.4, 0.5) is 0 Å². The molecule has 2 aromatic rings. The molecule has 0 aliphatic carbocycles. The molecular weight excluding hydrogens is 344 g/mol. The zero-order valence-corrected chi connectivity index (χ0v) is 16.3. The van der Waals surface area contributed by atoms with Crippen LogP contribution in [0.5, 0.6) is 0 Å². The topological polar surface area (TPSA) is 73.0 Å². The predicted molar refractivity (Wildman–Crippen MR) is 105 cm³/mol. The Morgan fingerprint density at radius 2 is 2.04 bits per heavy atom. The molecule has 1 aromatic carbocycles. The monoisotopic (exact) mass is 374 g/mol. The second-order valence-electron chi connectivity index (χ2n) is 7.91. The first-order valence-corrected chi connectivity index (χ1v) is 9.63. The number of ether oxygens (including phenoxy) is 2. The maximum Gasteiger partial charge on any atom is 0.176 e. The maximum atomic E-state index is 11.1. The average molecular weight is 374 g/mol. The number of benzene rings is 1. The van der Waals surface area contributed by atoms with Crippen molar-refractivity contribution in [3.05, 3.63) is 36.0 Å². The van der Waals surface area contributed by atoms with Crippen LogP contribution < -0.4 is 5.32 Å². The highest BCUT2D eigenvalue weighted by Gasteiger charge is 2.51. The molecule has 0 saturated carbocycles. The van der Waals surface area contributed by atoms with Gasteiger partial charge in [0.1, 0.15) is 6.10 Å². The average Bonchev–Trinajstić information content (AvgIpc) is 3.25. The molecule has 3 heterocycles. The maximum absolute atomic E-state index is 11.1. The van der Waals surface area contributed by atoms with Crippen LogP contribution in [0.1, 0.15) is 5.56 Å². The standard InChI is InChI=1S/C20H30N4O3/c1-23(2)8-9-24(3)18-19(25)17(16-12-26-20(18)27-16)22-11-13-10-21-15-7-5-4-6-14(13)15/h4-7,10,16-22,25H,8-9,11-12H2,1-3H3/t16-,17-,18-,19+,20-/m1/s1. The molecule has 0 spiro atoms. The smallest absolute Gasteiger partial charge is 0.176 e. The van der Waals surface area contributed by atoms with Crippen LogP contribution in [-0.2, 0) is 16.0 Å². The molecular formula is C20H30N4O3. The number of aliphatic hydroxyl groups excluding tert-OH is 1. The van der Waals surface area contributed by atoms with Gasteiger partial charge in [-0.3, -0.25) is 4.90 Å². The second-order valence-corrected chi connectivity index (χ2v) is 7.91. The van der Waals surface area contributed by atoms with Gasteiger partial charge >= 0.3 is 0 Å². The van der Waals surface area contributed by atoms with Crippen LogP contribution in [0.15, 0.2) is 30.5 Å². The summed E-state index contributed by atoms with van der Waals surface area (Å²) in [6.07, 6.45) is 1.01. The largest absolute Gasteiger partial charge is 0.390 e. The summed E-state index contributed by atoms with van der Waals surface area (Å²) in [6, 6.07) is 7.92. The number of hydrogen-bond donors (Lipinski definition) is 3. The van der Waals surface area contributed by atoms with E-state index in [1.54, 1.807) is 0 Å². The van der Waals surface area contributed by atoms with E-state index in [2.05, 4.69) is 46.3 Å². The first-order chi connectivity index (χ1) is 13.0. The number of nitrogens with one attached hydrogen (secondary N) is 2. The molecule has 5 atom stereocenters. The van der Waals surface area contributed by atoms with E-state index in [1.807, 2.05) is 25.4 Å². The molecule has 1 aromatic heterocycles. The van der Waals surface area contributed by atoms with Crippen LogP contribution in [-0.4, -0.2) is 91.3 Å². The van der Waals surface area contributed by atoms with Gasteiger partial charge in [0.15, 0.2) is 6.29 Å². The van der Waals surface area contributed by atoms with Crippen LogP contribution >= 0.6 is 0 Å². The summed E-state index contributed by atoms with van der Waals surface area (Å²) in [5.74, 6) is 0. The lowest BCUT2D eigenvalue weighted by atomic mass is 9.94. The number of nitrogens with zero attached hydrogens (tertiary/aromatic N) is 2. The fraction of sp³-hybridized carbons (Fsp3) is 0.600. The molecule has 4 rings (SSSR count). The fourth-order valence-electron chi connectivity index (χ4n) is 4.13. The highest BCUT2D eigenvalue weighted by molar-refractivity contribution is 5.82. The van der Waals surface area contributed by atoms with Crippen molar-refractivity contribution in [1.82, 2.24) is 20.1 Å². The van der Waals surface area contributed by atoms with Crippen LogP contribution in [0, 0.1) is 0 Å². The van der Waals surface area contributed by atoms with Crippen molar-refractivity contribution in [3.8, 4) is 0 Å². The number of aliphatic hydroxyl groups is 1. The van der Waals surface area contributed by atoms with Gasteiger partial charge in [-0.1, -0.05) is 18.2 Å². The van der Waals surface area contributed by atoms with E-state index in [0.29, 0.717) is 13.2 Å². The zero-order valence-electron chi connectivity index (χ0n) is 16.3. The summed E-state index contributed by atoms with van der Waals surface area (Å²) in [7, 11) is 6.13. The number of fused-ring (bicyclic) bond motifs is 3. The molecule has 2 saturated heterocycles. The number of likely N-dealkylation sites (N-methyl/N-ethyl adjacent to an activating group) is 2. The van der Waals surface area contributed by atoms with Gasteiger partial charge in [0.05, 0.1) is 24.8 Å².